The SMILES string of the molecule is COC1CN(C(CN)c2cc(Br)ccc2Cl)CCC1C. The van der Waals surface area contributed by atoms with E-state index in [1.165, 1.54) is 0 Å². The maximum atomic E-state index is 6.35. The van der Waals surface area contributed by atoms with Gasteiger partial charge in [-0.2, -0.15) is 0 Å². The molecule has 0 bridgehead atoms. The van der Waals surface area contributed by atoms with E-state index < -0.39 is 0 Å². The van der Waals surface area contributed by atoms with E-state index >= 15 is 0 Å². The number of likely N-dealkylation sites (tertiary alicyclic amines) is 1. The molecular formula is C15H22BrClN2O. The van der Waals surface area contributed by atoms with Crippen molar-refractivity contribution in [2.24, 2.45) is 11.7 Å². The molecule has 3 unspecified atom stereocenters. The first-order valence-corrected chi connectivity index (χ1v) is 8.15. The number of hydrogen-bond acceptors (Lipinski definition) is 3. The summed E-state index contributed by atoms with van der Waals surface area (Å²) < 4.78 is 6.62. The predicted molar refractivity (Wildman–Crippen MR) is 87.1 cm³/mol. The molecule has 1 fully saturated rings. The van der Waals surface area contributed by atoms with Crippen LogP contribution in [0.5, 0.6) is 0 Å². The topological polar surface area (TPSA) is 38.5 Å². The van der Waals surface area contributed by atoms with Crippen molar-refractivity contribution < 1.29 is 4.74 Å². The Kier molecular flexibility index (Phi) is 5.87. The van der Waals surface area contributed by atoms with Crippen LogP contribution in [0.15, 0.2) is 22.7 Å². The minimum atomic E-state index is 0.144. The highest BCUT2D eigenvalue weighted by atomic mass is 79.9. The zero-order valence-corrected chi connectivity index (χ0v) is 14.3. The number of piperidine rings is 1. The average molecular weight is 362 g/mol. The van der Waals surface area contributed by atoms with Crippen LogP contribution in [-0.4, -0.2) is 37.7 Å². The molecule has 0 amide bonds. The summed E-state index contributed by atoms with van der Waals surface area (Å²) in [5, 5.41) is 0.774. The molecular weight excluding hydrogens is 340 g/mol. The van der Waals surface area contributed by atoms with Crippen molar-refractivity contribution in [3.63, 3.8) is 0 Å². The maximum Gasteiger partial charge on any atom is 0.0724 e. The van der Waals surface area contributed by atoms with Crippen LogP contribution in [-0.2, 0) is 4.74 Å². The fourth-order valence-corrected chi connectivity index (χ4v) is 3.51. The monoisotopic (exact) mass is 360 g/mol. The van der Waals surface area contributed by atoms with Crippen molar-refractivity contribution in [3.05, 3.63) is 33.3 Å². The number of nitrogens with zero attached hydrogens (tertiary/aromatic N) is 1. The normalized spacial score (nSPS) is 25.6. The number of benzene rings is 1. The second-order valence-corrected chi connectivity index (χ2v) is 6.78. The zero-order valence-electron chi connectivity index (χ0n) is 12.0. The third-order valence-electron chi connectivity index (χ3n) is 4.20. The Labute approximate surface area is 134 Å². The zero-order chi connectivity index (χ0) is 14.7. The number of ether oxygens (including phenoxy) is 1. The summed E-state index contributed by atoms with van der Waals surface area (Å²) in [6.45, 7) is 4.74. The van der Waals surface area contributed by atoms with Gasteiger partial charge in [0.25, 0.3) is 0 Å². The molecule has 1 aliphatic rings. The Morgan fingerprint density at radius 2 is 2.30 bits per heavy atom. The van der Waals surface area contributed by atoms with Crippen LogP contribution in [0.25, 0.3) is 0 Å². The molecule has 0 saturated carbocycles. The molecule has 112 valence electrons. The molecule has 0 spiro atoms. The summed E-state index contributed by atoms with van der Waals surface area (Å²) in [6, 6.07) is 6.09. The van der Waals surface area contributed by atoms with Crippen molar-refractivity contribution >= 4 is 27.5 Å². The minimum Gasteiger partial charge on any atom is -0.380 e. The molecule has 3 nitrogen and oxygen atoms in total. The van der Waals surface area contributed by atoms with Gasteiger partial charge in [0.2, 0.25) is 0 Å². The third-order valence-corrected chi connectivity index (χ3v) is 5.04. The van der Waals surface area contributed by atoms with Crippen molar-refractivity contribution in [2.45, 2.75) is 25.5 Å². The molecule has 5 heteroatoms. The second kappa shape index (κ2) is 7.23. The molecule has 20 heavy (non-hydrogen) atoms. The van der Waals surface area contributed by atoms with Gasteiger partial charge in [0.15, 0.2) is 0 Å². The molecule has 0 radical (unpaired) electrons. The van der Waals surface area contributed by atoms with Crippen molar-refractivity contribution in [1.82, 2.24) is 4.90 Å². The summed E-state index contributed by atoms with van der Waals surface area (Å²) in [7, 11) is 1.79. The van der Waals surface area contributed by atoms with Crippen molar-refractivity contribution in [3.8, 4) is 0 Å². The maximum absolute atomic E-state index is 6.35. The Balaban J connectivity index is 2.21. The quantitative estimate of drug-likeness (QED) is 0.892. The number of methoxy groups -OCH3 is 1. The lowest BCUT2D eigenvalue weighted by Crippen LogP contribution is -2.47. The van der Waals surface area contributed by atoms with E-state index in [1.807, 2.05) is 12.1 Å². The van der Waals surface area contributed by atoms with Gasteiger partial charge in [0.05, 0.1) is 6.10 Å². The molecule has 2 rings (SSSR count). The van der Waals surface area contributed by atoms with E-state index in [9.17, 15) is 0 Å². The van der Waals surface area contributed by atoms with Crippen molar-refractivity contribution in [2.75, 3.05) is 26.7 Å². The molecule has 1 heterocycles. The van der Waals surface area contributed by atoms with E-state index in [1.54, 1.807) is 7.11 Å². The van der Waals surface area contributed by atoms with Gasteiger partial charge in [-0.25, -0.2) is 0 Å². The number of halogens is 2. The highest BCUT2D eigenvalue weighted by Crippen LogP contribution is 2.32. The van der Waals surface area contributed by atoms with Crippen LogP contribution in [0.3, 0.4) is 0 Å². The Morgan fingerprint density at radius 1 is 1.55 bits per heavy atom. The summed E-state index contributed by atoms with van der Waals surface area (Å²) in [4.78, 5) is 2.39. The van der Waals surface area contributed by atoms with Gasteiger partial charge in [-0.3, -0.25) is 4.90 Å². The van der Waals surface area contributed by atoms with Gasteiger partial charge in [-0.15, -0.1) is 0 Å². The lowest BCUT2D eigenvalue weighted by molar-refractivity contribution is -0.0183. The van der Waals surface area contributed by atoms with Crippen LogP contribution in [0.1, 0.15) is 24.9 Å². The highest BCUT2D eigenvalue weighted by molar-refractivity contribution is 9.10. The van der Waals surface area contributed by atoms with Gasteiger partial charge in [-0.05, 0) is 42.6 Å². The number of hydrogen-bond donors (Lipinski definition) is 1. The predicted octanol–water partition coefficient (Wildman–Crippen LogP) is 3.46. The average Bonchev–Trinajstić information content (AvgIpc) is 2.45. The molecule has 3 atom stereocenters. The van der Waals surface area contributed by atoms with Crippen LogP contribution in [0.4, 0.5) is 0 Å². The van der Waals surface area contributed by atoms with E-state index in [2.05, 4.69) is 33.8 Å². The first-order valence-electron chi connectivity index (χ1n) is 6.98. The van der Waals surface area contributed by atoms with Crippen molar-refractivity contribution in [1.29, 1.82) is 0 Å². The summed E-state index contributed by atoms with van der Waals surface area (Å²) >= 11 is 9.86. The van der Waals surface area contributed by atoms with E-state index in [0.29, 0.717) is 12.5 Å². The highest BCUT2D eigenvalue weighted by Gasteiger charge is 2.31. The van der Waals surface area contributed by atoms with Crippen LogP contribution >= 0.6 is 27.5 Å². The van der Waals surface area contributed by atoms with Gasteiger partial charge in [0.1, 0.15) is 0 Å². The molecule has 0 aliphatic carbocycles. The fourth-order valence-electron chi connectivity index (χ4n) is 2.89. The van der Waals surface area contributed by atoms with Gasteiger partial charge in [0, 0.05) is 35.7 Å². The van der Waals surface area contributed by atoms with Crippen LogP contribution in [0.2, 0.25) is 5.02 Å². The lowest BCUT2D eigenvalue weighted by Gasteiger charge is -2.40. The molecule has 2 N–H and O–H groups in total. The summed E-state index contributed by atoms with van der Waals surface area (Å²) in [6.07, 6.45) is 1.39. The van der Waals surface area contributed by atoms with Gasteiger partial charge < -0.3 is 10.5 Å². The third kappa shape index (κ3) is 3.55. The van der Waals surface area contributed by atoms with E-state index in [0.717, 1.165) is 34.6 Å². The molecule has 0 aromatic heterocycles. The van der Waals surface area contributed by atoms with Crippen LogP contribution < -0.4 is 5.73 Å². The van der Waals surface area contributed by atoms with Gasteiger partial charge in [-0.1, -0.05) is 34.5 Å². The molecule has 1 aliphatic heterocycles. The molecule has 1 saturated heterocycles. The Bertz CT molecular complexity index is 457. The standard InChI is InChI=1S/C15H22BrClN2O/c1-10-5-6-19(9-15(10)20-2)14(8-18)12-7-11(16)3-4-13(12)17/h3-4,7,10,14-15H,5-6,8-9,18H2,1-2H3. The first kappa shape index (κ1) is 16.2. The molecule has 1 aromatic rings. The summed E-state index contributed by atoms with van der Waals surface area (Å²) in [5.41, 5.74) is 7.11. The number of nitrogens with two attached hydrogens (primary N) is 1. The van der Waals surface area contributed by atoms with E-state index in [4.69, 9.17) is 22.1 Å². The fraction of sp³-hybridized carbons (Fsp3) is 0.600. The Morgan fingerprint density at radius 3 is 2.95 bits per heavy atom. The second-order valence-electron chi connectivity index (χ2n) is 5.45. The smallest absolute Gasteiger partial charge is 0.0724 e. The number of rotatable bonds is 4. The minimum absolute atomic E-state index is 0.144. The Hall–Kier alpha value is -0.130. The van der Waals surface area contributed by atoms with E-state index in [-0.39, 0.29) is 12.1 Å². The van der Waals surface area contributed by atoms with Gasteiger partial charge >= 0.3 is 0 Å². The van der Waals surface area contributed by atoms with Crippen LogP contribution in [0, 0.1) is 5.92 Å². The largest absolute Gasteiger partial charge is 0.380 e. The first-order chi connectivity index (χ1) is 9.56. The molecule has 1 aromatic carbocycles. The summed E-state index contributed by atoms with van der Waals surface area (Å²) in [5.74, 6) is 0.590. The lowest BCUT2D eigenvalue weighted by atomic mass is 9.93.